The molecule has 1 amide bonds. The number of fused-ring (bicyclic) bond motifs is 1. The predicted molar refractivity (Wildman–Crippen MR) is 91.8 cm³/mol. The van der Waals surface area contributed by atoms with Crippen LogP contribution in [0.2, 0.25) is 0 Å². The summed E-state index contributed by atoms with van der Waals surface area (Å²) in [5, 5.41) is 3.08. The number of benzene rings is 1. The molecule has 0 unspecified atom stereocenters. The average molecular weight is 340 g/mol. The highest BCUT2D eigenvalue weighted by molar-refractivity contribution is 5.82. The molecule has 0 radical (unpaired) electrons. The van der Waals surface area contributed by atoms with Crippen LogP contribution in [0.5, 0.6) is 11.5 Å². The molecule has 1 aromatic carbocycles. The fraction of sp³-hybridized carbons (Fsp3) is 0.389. The molecule has 4 rings (SSSR count). The Morgan fingerprint density at radius 2 is 1.96 bits per heavy atom. The molecule has 0 spiro atoms. The van der Waals surface area contributed by atoms with Gasteiger partial charge in [0.2, 0.25) is 12.1 Å². The van der Waals surface area contributed by atoms with E-state index >= 15 is 0 Å². The van der Waals surface area contributed by atoms with Gasteiger partial charge >= 0.3 is 0 Å². The fourth-order valence-electron chi connectivity index (χ4n) is 3.17. The second kappa shape index (κ2) is 6.96. The second-order valence-corrected chi connectivity index (χ2v) is 6.21. The van der Waals surface area contributed by atoms with Crippen LogP contribution in [0.4, 0.5) is 5.95 Å². The first kappa shape index (κ1) is 15.7. The molecular formula is C18H20N4O3. The lowest BCUT2D eigenvalue weighted by Gasteiger charge is -2.34. The van der Waals surface area contributed by atoms with Crippen LogP contribution in [-0.4, -0.2) is 47.7 Å². The van der Waals surface area contributed by atoms with Crippen molar-refractivity contribution in [2.75, 3.05) is 24.6 Å². The quantitative estimate of drug-likeness (QED) is 0.910. The maximum absolute atomic E-state index is 12.6. The van der Waals surface area contributed by atoms with Gasteiger partial charge in [-0.15, -0.1) is 0 Å². The van der Waals surface area contributed by atoms with E-state index in [9.17, 15) is 4.79 Å². The lowest BCUT2D eigenvalue weighted by molar-refractivity contribution is -0.131. The van der Waals surface area contributed by atoms with Gasteiger partial charge in [-0.1, -0.05) is 12.1 Å². The number of hydrogen-bond acceptors (Lipinski definition) is 6. The third-order valence-corrected chi connectivity index (χ3v) is 4.40. The van der Waals surface area contributed by atoms with Crippen molar-refractivity contribution in [3.05, 3.63) is 42.7 Å². The number of amides is 1. The lowest BCUT2D eigenvalue weighted by atomic mass is 10.1. The summed E-state index contributed by atoms with van der Waals surface area (Å²) < 4.78 is 11.4. The molecule has 7 nitrogen and oxygen atoms in total. The minimum Gasteiger partial charge on any atom is -0.485 e. The maximum atomic E-state index is 12.6. The van der Waals surface area contributed by atoms with Gasteiger partial charge in [0.15, 0.2) is 11.5 Å². The number of para-hydroxylation sites is 2. The molecule has 2 aliphatic heterocycles. The highest BCUT2D eigenvalue weighted by Crippen LogP contribution is 2.31. The number of carbonyl (C=O) groups is 1. The lowest BCUT2D eigenvalue weighted by Crippen LogP contribution is -2.53. The van der Waals surface area contributed by atoms with Crippen molar-refractivity contribution in [2.45, 2.75) is 25.0 Å². The minimum absolute atomic E-state index is 0.0471. The van der Waals surface area contributed by atoms with Crippen LogP contribution in [0.25, 0.3) is 0 Å². The molecule has 2 aliphatic rings. The molecule has 2 atom stereocenters. The van der Waals surface area contributed by atoms with E-state index in [1.165, 1.54) is 0 Å². The fourth-order valence-corrected chi connectivity index (χ4v) is 3.17. The zero-order valence-electron chi connectivity index (χ0n) is 13.8. The Labute approximate surface area is 146 Å². The summed E-state index contributed by atoms with van der Waals surface area (Å²) in [5.74, 6) is 1.84. The third kappa shape index (κ3) is 3.50. The van der Waals surface area contributed by atoms with Crippen LogP contribution in [0, 0.1) is 0 Å². The molecule has 7 heteroatoms. The van der Waals surface area contributed by atoms with E-state index in [-0.39, 0.29) is 18.6 Å². The smallest absolute Gasteiger partial charge is 0.264 e. The molecule has 25 heavy (non-hydrogen) atoms. The van der Waals surface area contributed by atoms with Gasteiger partial charge in [0.05, 0.1) is 0 Å². The van der Waals surface area contributed by atoms with E-state index in [4.69, 9.17) is 9.47 Å². The van der Waals surface area contributed by atoms with Crippen LogP contribution in [0.3, 0.4) is 0 Å². The zero-order valence-corrected chi connectivity index (χ0v) is 13.8. The van der Waals surface area contributed by atoms with Crippen LogP contribution >= 0.6 is 0 Å². The Bertz CT molecular complexity index is 740. The summed E-state index contributed by atoms with van der Waals surface area (Å²) in [6.07, 6.45) is 4.75. The summed E-state index contributed by atoms with van der Waals surface area (Å²) in [4.78, 5) is 23.2. The van der Waals surface area contributed by atoms with Crippen LogP contribution < -0.4 is 19.7 Å². The van der Waals surface area contributed by atoms with E-state index in [2.05, 4.69) is 20.2 Å². The number of rotatable bonds is 3. The highest BCUT2D eigenvalue weighted by Gasteiger charge is 2.30. The number of nitrogens with zero attached hydrogens (tertiary/aromatic N) is 3. The molecule has 0 aliphatic carbocycles. The van der Waals surface area contributed by atoms with Crippen LogP contribution in [-0.2, 0) is 4.79 Å². The topological polar surface area (TPSA) is 76.6 Å². The van der Waals surface area contributed by atoms with Gasteiger partial charge in [-0.2, -0.15) is 0 Å². The normalized spacial score (nSPS) is 22.3. The Balaban J connectivity index is 1.36. The van der Waals surface area contributed by atoms with Crippen LogP contribution in [0.15, 0.2) is 42.7 Å². The van der Waals surface area contributed by atoms with Gasteiger partial charge in [0.1, 0.15) is 6.61 Å². The molecule has 0 bridgehead atoms. The van der Waals surface area contributed by atoms with Crippen molar-refractivity contribution in [1.29, 1.82) is 0 Å². The first-order valence-electron chi connectivity index (χ1n) is 8.50. The summed E-state index contributed by atoms with van der Waals surface area (Å²) in [5.41, 5.74) is 0. The standard InChI is InChI=1S/C18H20N4O3/c23-17(16-12-24-14-6-1-2-7-15(14)25-16)21-13-5-3-10-22(11-13)18-19-8-4-9-20-18/h1-2,4,6-9,13,16H,3,5,10-12H2,(H,21,23)/t13-,16+/m0/s1. The summed E-state index contributed by atoms with van der Waals surface area (Å²) in [6.45, 7) is 1.81. The Morgan fingerprint density at radius 1 is 1.16 bits per heavy atom. The van der Waals surface area contributed by atoms with E-state index in [0.29, 0.717) is 24.0 Å². The number of aromatic nitrogens is 2. The summed E-state index contributed by atoms with van der Waals surface area (Å²) in [6, 6.07) is 9.23. The first-order chi connectivity index (χ1) is 12.3. The van der Waals surface area contributed by atoms with Crippen molar-refractivity contribution in [2.24, 2.45) is 0 Å². The summed E-state index contributed by atoms with van der Waals surface area (Å²) >= 11 is 0. The van der Waals surface area contributed by atoms with Gasteiger partial charge in [0.25, 0.3) is 5.91 Å². The average Bonchev–Trinajstić information content (AvgIpc) is 2.68. The number of hydrogen-bond donors (Lipinski definition) is 1. The van der Waals surface area contributed by atoms with Gasteiger partial charge in [-0.25, -0.2) is 9.97 Å². The number of piperidine rings is 1. The SMILES string of the molecule is O=C(N[C@H]1CCCN(c2ncccn2)C1)[C@H]1COc2ccccc2O1. The molecule has 1 aromatic heterocycles. The first-order valence-corrected chi connectivity index (χ1v) is 8.50. The van der Waals surface area contributed by atoms with E-state index in [1.54, 1.807) is 18.5 Å². The molecule has 1 fully saturated rings. The van der Waals surface area contributed by atoms with Gasteiger partial charge in [0, 0.05) is 31.5 Å². The molecule has 2 aromatic rings. The largest absolute Gasteiger partial charge is 0.485 e. The van der Waals surface area contributed by atoms with Crippen molar-refractivity contribution in [3.63, 3.8) is 0 Å². The Hall–Kier alpha value is -2.83. The van der Waals surface area contributed by atoms with Crippen molar-refractivity contribution < 1.29 is 14.3 Å². The highest BCUT2D eigenvalue weighted by atomic mass is 16.6. The zero-order chi connectivity index (χ0) is 17.1. The molecule has 1 N–H and O–H groups in total. The molecule has 3 heterocycles. The molecule has 1 saturated heterocycles. The van der Waals surface area contributed by atoms with Gasteiger partial charge in [-0.05, 0) is 31.0 Å². The van der Waals surface area contributed by atoms with Crippen LogP contribution in [0.1, 0.15) is 12.8 Å². The predicted octanol–water partition coefficient (Wildman–Crippen LogP) is 1.40. The monoisotopic (exact) mass is 340 g/mol. The Morgan fingerprint density at radius 3 is 2.80 bits per heavy atom. The third-order valence-electron chi connectivity index (χ3n) is 4.40. The van der Waals surface area contributed by atoms with Gasteiger partial charge < -0.3 is 19.7 Å². The molecule has 0 saturated carbocycles. The van der Waals surface area contributed by atoms with Crippen molar-refractivity contribution in [3.8, 4) is 11.5 Å². The van der Waals surface area contributed by atoms with Crippen molar-refractivity contribution in [1.82, 2.24) is 15.3 Å². The van der Waals surface area contributed by atoms with Crippen molar-refractivity contribution >= 4 is 11.9 Å². The van der Waals surface area contributed by atoms with E-state index < -0.39 is 6.10 Å². The number of ether oxygens (including phenoxy) is 2. The Kier molecular flexibility index (Phi) is 4.37. The van der Waals surface area contributed by atoms with E-state index in [1.807, 2.05) is 24.3 Å². The second-order valence-electron chi connectivity index (χ2n) is 6.21. The number of anilines is 1. The van der Waals surface area contributed by atoms with E-state index in [0.717, 1.165) is 19.4 Å². The maximum Gasteiger partial charge on any atom is 0.264 e. The summed E-state index contributed by atoms with van der Waals surface area (Å²) in [7, 11) is 0. The molecule has 130 valence electrons. The van der Waals surface area contributed by atoms with Gasteiger partial charge in [-0.3, -0.25) is 4.79 Å². The molecular weight excluding hydrogens is 320 g/mol. The number of carbonyl (C=O) groups excluding carboxylic acids is 1. The number of nitrogens with one attached hydrogen (secondary N) is 1. The minimum atomic E-state index is -0.627.